The first-order chi connectivity index (χ1) is 40.7. The van der Waals surface area contributed by atoms with Gasteiger partial charge in [0.1, 0.15) is 0 Å². The fourth-order valence-electron chi connectivity index (χ4n) is 11.7. The Morgan fingerprint density at radius 3 is 0.817 bits per heavy atom. The minimum atomic E-state index is 0.589. The van der Waals surface area contributed by atoms with Crippen LogP contribution >= 0.6 is 0 Å². The molecule has 4 heterocycles. The number of rotatable bonds is 12. The highest BCUT2D eigenvalue weighted by molar-refractivity contribution is 6.16. The second-order valence-electron chi connectivity index (χ2n) is 20.3. The number of aromatic nitrogens is 6. The van der Waals surface area contributed by atoms with Crippen LogP contribution in [0.25, 0.3) is 123 Å². The predicted octanol–water partition coefficient (Wildman–Crippen LogP) is 18.9. The fourth-order valence-corrected chi connectivity index (χ4v) is 11.7. The van der Waals surface area contributed by atoms with Crippen LogP contribution in [0, 0.1) is 0 Å². The lowest BCUT2D eigenvalue weighted by Crippen LogP contribution is -2.14. The highest BCUT2D eigenvalue weighted by atomic mass is 15.1. The number of benzene rings is 11. The molecule has 82 heavy (non-hydrogen) atoms. The third kappa shape index (κ3) is 8.50. The molecular weight excluding hydrogens is 1000 g/mol. The molecule has 0 spiro atoms. The number of nitrogens with one attached hydrogen (secondary N) is 2. The highest BCUT2D eigenvalue weighted by Gasteiger charge is 2.34. The van der Waals surface area contributed by atoms with Gasteiger partial charge in [0.25, 0.3) is 0 Å². The summed E-state index contributed by atoms with van der Waals surface area (Å²) in [6, 6.07) is 102. The minimum absolute atomic E-state index is 0.589. The molecule has 8 nitrogen and oxygen atoms in total. The van der Waals surface area contributed by atoms with E-state index >= 15 is 0 Å². The SMILES string of the molecule is c1ccc(Nc2c(-c3cc(-c4ccccc4)nc(-c4ccccc4)n3)c(-n3c4ccccc4c4ccccc43)c(Nc3ccccc3)c(-c3cc(-c4ccccc4)nc(-c4ccccc4)n3)c2-n2c3ccccc3c3ccccc32)cc1. The molecule has 0 unspecified atom stereocenters. The summed E-state index contributed by atoms with van der Waals surface area (Å²) in [5, 5.41) is 12.8. The van der Waals surface area contributed by atoms with E-state index in [-0.39, 0.29) is 0 Å². The lowest BCUT2D eigenvalue weighted by atomic mass is 9.92. The van der Waals surface area contributed by atoms with E-state index in [9.17, 15) is 0 Å². The molecule has 0 bridgehead atoms. The second-order valence-corrected chi connectivity index (χ2v) is 20.3. The quantitative estimate of drug-likeness (QED) is 0.127. The zero-order valence-corrected chi connectivity index (χ0v) is 44.4. The Hall–Kier alpha value is -11.2. The van der Waals surface area contributed by atoms with E-state index in [0.29, 0.717) is 23.0 Å². The lowest BCUT2D eigenvalue weighted by Gasteiger charge is -2.30. The van der Waals surface area contributed by atoms with Crippen LogP contribution in [0.2, 0.25) is 0 Å². The summed E-state index contributed by atoms with van der Waals surface area (Å²) in [5.41, 5.74) is 17.4. The van der Waals surface area contributed by atoms with Gasteiger partial charge in [-0.3, -0.25) is 0 Å². The van der Waals surface area contributed by atoms with E-state index in [1.807, 2.05) is 48.5 Å². The summed E-state index contributed by atoms with van der Waals surface area (Å²) in [5.74, 6) is 1.18. The molecule has 0 saturated heterocycles. The average Bonchev–Trinajstić information content (AvgIpc) is 2.93. The summed E-state index contributed by atoms with van der Waals surface area (Å²) in [7, 11) is 0. The Morgan fingerprint density at radius 1 is 0.244 bits per heavy atom. The van der Waals surface area contributed by atoms with Crippen molar-refractivity contribution in [1.29, 1.82) is 0 Å². The molecule has 0 radical (unpaired) electrons. The molecule has 0 atom stereocenters. The average molecular weight is 1050 g/mol. The number of hydrogen-bond acceptors (Lipinski definition) is 6. The monoisotopic (exact) mass is 1050 g/mol. The van der Waals surface area contributed by atoms with E-state index in [1.165, 1.54) is 0 Å². The molecular formula is C74H50N8. The Kier molecular flexibility index (Phi) is 12.0. The Bertz CT molecular complexity index is 4300. The maximum Gasteiger partial charge on any atom is 0.160 e. The largest absolute Gasteiger partial charge is 0.353 e. The smallest absolute Gasteiger partial charge is 0.160 e. The third-order valence-corrected chi connectivity index (χ3v) is 15.3. The molecule has 0 aliphatic carbocycles. The first kappa shape index (κ1) is 47.9. The Morgan fingerprint density at radius 2 is 0.500 bits per heavy atom. The van der Waals surface area contributed by atoms with Crippen molar-refractivity contribution in [2.24, 2.45) is 0 Å². The lowest BCUT2D eigenvalue weighted by molar-refractivity contribution is 1.12. The van der Waals surface area contributed by atoms with E-state index in [0.717, 1.165) is 123 Å². The normalized spacial score (nSPS) is 11.4. The summed E-state index contributed by atoms with van der Waals surface area (Å²) < 4.78 is 4.87. The van der Waals surface area contributed by atoms with Crippen LogP contribution in [0.3, 0.4) is 0 Å². The van der Waals surface area contributed by atoms with Crippen LogP contribution in [0.5, 0.6) is 0 Å². The van der Waals surface area contributed by atoms with Crippen molar-refractivity contribution < 1.29 is 0 Å². The maximum absolute atomic E-state index is 5.81. The van der Waals surface area contributed by atoms with Crippen LogP contribution in [0.1, 0.15) is 0 Å². The van der Waals surface area contributed by atoms with Crippen molar-refractivity contribution in [1.82, 2.24) is 29.1 Å². The van der Waals surface area contributed by atoms with Crippen molar-refractivity contribution in [3.8, 4) is 79.2 Å². The predicted molar refractivity (Wildman–Crippen MR) is 338 cm³/mol. The van der Waals surface area contributed by atoms with Gasteiger partial charge in [-0.1, -0.05) is 231 Å². The van der Waals surface area contributed by atoms with Crippen LogP contribution < -0.4 is 10.6 Å². The van der Waals surface area contributed by atoms with Crippen LogP contribution in [0.15, 0.2) is 291 Å². The van der Waals surface area contributed by atoms with Crippen molar-refractivity contribution in [2.75, 3.05) is 10.6 Å². The first-order valence-electron chi connectivity index (χ1n) is 27.6. The minimum Gasteiger partial charge on any atom is -0.353 e. The Balaban J connectivity index is 1.24. The maximum atomic E-state index is 5.81. The molecule has 2 N–H and O–H groups in total. The highest BCUT2D eigenvalue weighted by Crippen LogP contribution is 2.55. The van der Waals surface area contributed by atoms with E-state index in [2.05, 4.69) is 262 Å². The third-order valence-electron chi connectivity index (χ3n) is 15.3. The van der Waals surface area contributed by atoms with Gasteiger partial charge in [-0.25, -0.2) is 19.9 Å². The number of hydrogen-bond donors (Lipinski definition) is 2. The number of fused-ring (bicyclic) bond motifs is 6. The summed E-state index contributed by atoms with van der Waals surface area (Å²) >= 11 is 0. The van der Waals surface area contributed by atoms with Gasteiger partial charge in [0.2, 0.25) is 0 Å². The number of anilines is 4. The van der Waals surface area contributed by atoms with Crippen molar-refractivity contribution in [3.63, 3.8) is 0 Å². The zero-order chi connectivity index (χ0) is 54.3. The van der Waals surface area contributed by atoms with Gasteiger partial charge in [0.05, 0.1) is 78.7 Å². The molecule has 0 aliphatic rings. The molecule has 0 saturated carbocycles. The van der Waals surface area contributed by atoms with Crippen LogP contribution in [-0.4, -0.2) is 29.1 Å². The molecule has 0 aliphatic heterocycles. The van der Waals surface area contributed by atoms with E-state index in [1.54, 1.807) is 0 Å². The summed E-state index contributed by atoms with van der Waals surface area (Å²) in [6.45, 7) is 0. The first-order valence-corrected chi connectivity index (χ1v) is 27.6. The molecule has 11 aromatic carbocycles. The molecule has 4 aromatic heterocycles. The van der Waals surface area contributed by atoms with Gasteiger partial charge in [0.15, 0.2) is 11.6 Å². The van der Waals surface area contributed by atoms with Crippen molar-refractivity contribution >= 4 is 66.4 Å². The number of nitrogens with zero attached hydrogens (tertiary/aromatic N) is 6. The van der Waals surface area contributed by atoms with Gasteiger partial charge in [-0.2, -0.15) is 0 Å². The standard InChI is InChI=1S/C74H50N8/c1-7-27-49(28-8-1)59-47-61(79-73(77-59)51-31-11-3-12-32-51)67-69(75-53-35-15-5-16-36-53)72(82-65-45-25-21-41-57(65)58-42-22-26-46-66(58)82)68(62-48-60(50-29-9-2-10-30-50)78-74(80-62)52-33-13-4-14-34-52)70(76-54-37-17-6-18-38-54)71(67)81-63-43-23-19-39-55(63)56-40-20-24-44-64(56)81/h1-48,75-76H. The van der Waals surface area contributed by atoms with Gasteiger partial charge in [-0.05, 0) is 60.7 Å². The van der Waals surface area contributed by atoms with Crippen LogP contribution in [-0.2, 0) is 0 Å². The molecule has 15 aromatic rings. The van der Waals surface area contributed by atoms with E-state index in [4.69, 9.17) is 19.9 Å². The molecule has 386 valence electrons. The zero-order valence-electron chi connectivity index (χ0n) is 44.4. The second kappa shape index (κ2) is 20.5. The molecule has 0 amide bonds. The number of para-hydroxylation sites is 6. The van der Waals surface area contributed by atoms with Gasteiger partial charge in [-0.15, -0.1) is 0 Å². The summed E-state index contributed by atoms with van der Waals surface area (Å²) in [6.07, 6.45) is 0. The van der Waals surface area contributed by atoms with Gasteiger partial charge < -0.3 is 19.8 Å². The molecule has 0 fully saturated rings. The van der Waals surface area contributed by atoms with Crippen LogP contribution in [0.4, 0.5) is 22.7 Å². The molecule has 8 heteroatoms. The van der Waals surface area contributed by atoms with Gasteiger partial charge in [0, 0.05) is 55.2 Å². The summed E-state index contributed by atoms with van der Waals surface area (Å²) in [4.78, 5) is 22.5. The van der Waals surface area contributed by atoms with Gasteiger partial charge >= 0.3 is 0 Å². The van der Waals surface area contributed by atoms with Crippen molar-refractivity contribution in [2.45, 2.75) is 0 Å². The van der Waals surface area contributed by atoms with E-state index < -0.39 is 0 Å². The fraction of sp³-hybridized carbons (Fsp3) is 0. The van der Waals surface area contributed by atoms with Crippen molar-refractivity contribution in [3.05, 3.63) is 291 Å². The Labute approximate surface area is 474 Å². The topological polar surface area (TPSA) is 85.5 Å². The molecule has 15 rings (SSSR count).